The zero-order valence-electron chi connectivity index (χ0n) is 11.8. The van der Waals surface area contributed by atoms with Gasteiger partial charge in [0.15, 0.2) is 0 Å². The van der Waals surface area contributed by atoms with Crippen LogP contribution in [0.1, 0.15) is 36.0 Å². The molecule has 0 aliphatic heterocycles. The Morgan fingerprint density at radius 2 is 2.15 bits per heavy atom. The number of hydrogen-bond donors (Lipinski definition) is 2. The van der Waals surface area contributed by atoms with Gasteiger partial charge >= 0.3 is 0 Å². The normalized spacial score (nSPS) is 22.5. The Morgan fingerprint density at radius 3 is 2.70 bits per heavy atom. The van der Waals surface area contributed by atoms with Gasteiger partial charge in [-0.25, -0.2) is 9.97 Å². The lowest BCUT2D eigenvalue weighted by Crippen LogP contribution is -2.30. The number of hydrogen-bond acceptors (Lipinski definition) is 6. The minimum absolute atomic E-state index is 0.357. The summed E-state index contributed by atoms with van der Waals surface area (Å²) in [5.41, 5.74) is 5.66. The van der Waals surface area contributed by atoms with Crippen LogP contribution in [0.3, 0.4) is 0 Å². The van der Waals surface area contributed by atoms with Gasteiger partial charge in [-0.05, 0) is 31.9 Å². The molecule has 1 aliphatic carbocycles. The summed E-state index contributed by atoms with van der Waals surface area (Å²) in [7, 11) is 1.76. The third-order valence-electron chi connectivity index (χ3n) is 3.55. The van der Waals surface area contributed by atoms with Crippen molar-refractivity contribution >= 4 is 23.6 Å². The van der Waals surface area contributed by atoms with E-state index in [0.29, 0.717) is 28.7 Å². The first-order valence-electron chi connectivity index (χ1n) is 6.64. The molecule has 0 spiro atoms. The van der Waals surface area contributed by atoms with E-state index in [0.717, 1.165) is 25.7 Å². The summed E-state index contributed by atoms with van der Waals surface area (Å²) < 4.78 is 5.35. The second-order valence-corrected chi connectivity index (χ2v) is 5.63. The van der Waals surface area contributed by atoms with E-state index in [1.807, 2.05) is 6.26 Å². The summed E-state index contributed by atoms with van der Waals surface area (Å²) in [4.78, 5) is 19.8. The molecule has 6 nitrogen and oxygen atoms in total. The fourth-order valence-electron chi connectivity index (χ4n) is 2.39. The molecule has 1 aliphatic rings. The molecule has 2 rings (SSSR count). The Morgan fingerprint density at radius 1 is 1.45 bits per heavy atom. The molecule has 110 valence electrons. The summed E-state index contributed by atoms with van der Waals surface area (Å²) in [6.45, 7) is 0. The van der Waals surface area contributed by atoms with Crippen molar-refractivity contribution in [3.63, 3.8) is 0 Å². The van der Waals surface area contributed by atoms with Crippen molar-refractivity contribution in [3.05, 3.63) is 11.8 Å². The smallest absolute Gasteiger partial charge is 0.253 e. The van der Waals surface area contributed by atoms with Gasteiger partial charge in [0.05, 0.1) is 11.7 Å². The highest BCUT2D eigenvalue weighted by Gasteiger charge is 2.21. The Hall–Kier alpha value is -1.34. The summed E-state index contributed by atoms with van der Waals surface area (Å²) in [6.07, 6.45) is 7.88. The van der Waals surface area contributed by atoms with Crippen LogP contribution in [0.5, 0.6) is 0 Å². The van der Waals surface area contributed by atoms with Crippen molar-refractivity contribution in [1.82, 2.24) is 9.97 Å². The Balaban J connectivity index is 2.01. The van der Waals surface area contributed by atoms with E-state index < -0.39 is 5.91 Å². The predicted octanol–water partition coefficient (Wildman–Crippen LogP) is 1.67. The number of nitrogens with two attached hydrogens (primary N) is 1. The molecule has 1 saturated carbocycles. The topological polar surface area (TPSA) is 90.1 Å². The molecular formula is C13H20N4O2S. The van der Waals surface area contributed by atoms with Gasteiger partial charge in [-0.3, -0.25) is 4.79 Å². The van der Waals surface area contributed by atoms with Crippen molar-refractivity contribution in [3.8, 4) is 0 Å². The average molecular weight is 296 g/mol. The molecule has 1 amide bonds. The quantitative estimate of drug-likeness (QED) is 0.634. The van der Waals surface area contributed by atoms with E-state index in [1.54, 1.807) is 7.11 Å². The number of anilines is 1. The number of carbonyl (C=O) groups is 1. The van der Waals surface area contributed by atoms with Crippen molar-refractivity contribution in [2.45, 2.75) is 42.9 Å². The van der Waals surface area contributed by atoms with E-state index in [2.05, 4.69) is 15.3 Å². The Labute approximate surface area is 122 Å². The highest BCUT2D eigenvalue weighted by atomic mass is 32.2. The molecule has 1 aromatic heterocycles. The van der Waals surface area contributed by atoms with Crippen molar-refractivity contribution in [2.75, 3.05) is 18.7 Å². The van der Waals surface area contributed by atoms with Crippen LogP contribution in [0.15, 0.2) is 11.2 Å². The minimum atomic E-state index is -0.499. The number of nitrogens with zero attached hydrogens (tertiary/aromatic N) is 2. The van der Waals surface area contributed by atoms with E-state index in [4.69, 9.17) is 10.5 Å². The van der Waals surface area contributed by atoms with Gasteiger partial charge in [-0.15, -0.1) is 11.8 Å². The highest BCUT2D eigenvalue weighted by Crippen LogP contribution is 2.24. The van der Waals surface area contributed by atoms with E-state index in [-0.39, 0.29) is 0 Å². The molecule has 0 saturated heterocycles. The number of aromatic nitrogens is 2. The van der Waals surface area contributed by atoms with Gasteiger partial charge in [0.1, 0.15) is 5.03 Å². The molecule has 7 heteroatoms. The number of primary amides is 1. The first-order valence-corrected chi connectivity index (χ1v) is 7.86. The van der Waals surface area contributed by atoms with Crippen LogP contribution in [0, 0.1) is 0 Å². The van der Waals surface area contributed by atoms with Gasteiger partial charge in [0, 0.05) is 19.3 Å². The first-order chi connectivity index (χ1) is 9.63. The van der Waals surface area contributed by atoms with Crippen LogP contribution in [0.25, 0.3) is 0 Å². The summed E-state index contributed by atoms with van der Waals surface area (Å²) >= 11 is 1.39. The van der Waals surface area contributed by atoms with Gasteiger partial charge in [0.2, 0.25) is 5.95 Å². The molecule has 0 bridgehead atoms. The lowest BCUT2D eigenvalue weighted by Gasteiger charge is -2.28. The number of rotatable bonds is 5. The van der Waals surface area contributed by atoms with Crippen LogP contribution in [0.4, 0.5) is 5.95 Å². The molecule has 1 fully saturated rings. The van der Waals surface area contributed by atoms with E-state index in [9.17, 15) is 4.79 Å². The number of thioether (sulfide) groups is 1. The largest absolute Gasteiger partial charge is 0.381 e. The van der Waals surface area contributed by atoms with Crippen LogP contribution in [-0.4, -0.2) is 41.4 Å². The fraction of sp³-hybridized carbons (Fsp3) is 0.615. The maximum Gasteiger partial charge on any atom is 0.253 e. The van der Waals surface area contributed by atoms with Gasteiger partial charge in [-0.2, -0.15) is 0 Å². The molecule has 0 unspecified atom stereocenters. The number of methoxy groups -OCH3 is 1. The molecule has 0 atom stereocenters. The monoisotopic (exact) mass is 296 g/mol. The molecular weight excluding hydrogens is 276 g/mol. The van der Waals surface area contributed by atoms with Crippen molar-refractivity contribution in [2.24, 2.45) is 5.73 Å². The predicted molar refractivity (Wildman–Crippen MR) is 79.0 cm³/mol. The molecule has 20 heavy (non-hydrogen) atoms. The van der Waals surface area contributed by atoms with Gasteiger partial charge < -0.3 is 15.8 Å². The molecule has 1 heterocycles. The summed E-state index contributed by atoms with van der Waals surface area (Å²) in [6, 6.07) is 0.357. The summed E-state index contributed by atoms with van der Waals surface area (Å²) in [5, 5.41) is 3.93. The zero-order chi connectivity index (χ0) is 14.5. The molecule has 3 N–H and O–H groups in total. The number of carbonyl (C=O) groups excluding carboxylic acids is 1. The third kappa shape index (κ3) is 3.61. The van der Waals surface area contributed by atoms with Crippen molar-refractivity contribution in [1.29, 1.82) is 0 Å². The average Bonchev–Trinajstić information content (AvgIpc) is 2.47. The lowest BCUT2D eigenvalue weighted by molar-refractivity contribution is 0.0681. The highest BCUT2D eigenvalue weighted by molar-refractivity contribution is 7.98. The molecule has 0 radical (unpaired) electrons. The molecule has 1 aromatic rings. The molecule has 0 aromatic carbocycles. The zero-order valence-corrected chi connectivity index (χ0v) is 12.6. The van der Waals surface area contributed by atoms with Crippen LogP contribution >= 0.6 is 11.8 Å². The van der Waals surface area contributed by atoms with Crippen LogP contribution in [-0.2, 0) is 4.74 Å². The maximum absolute atomic E-state index is 11.2. The number of amides is 1. The second kappa shape index (κ2) is 6.90. The van der Waals surface area contributed by atoms with E-state index in [1.165, 1.54) is 18.0 Å². The van der Waals surface area contributed by atoms with Crippen LogP contribution in [0.2, 0.25) is 0 Å². The first kappa shape index (κ1) is 15.1. The van der Waals surface area contributed by atoms with Gasteiger partial charge in [0.25, 0.3) is 5.91 Å². The SMILES string of the molecule is CO[C@H]1CC[C@H](Nc2ncc(C(N)=O)c(SC)n2)CC1. The third-order valence-corrected chi connectivity index (χ3v) is 4.25. The maximum atomic E-state index is 11.2. The summed E-state index contributed by atoms with van der Waals surface area (Å²) in [5.74, 6) is 0.0571. The second-order valence-electron chi connectivity index (χ2n) is 4.83. The fourth-order valence-corrected chi connectivity index (χ4v) is 2.94. The van der Waals surface area contributed by atoms with Crippen molar-refractivity contribution < 1.29 is 9.53 Å². The minimum Gasteiger partial charge on any atom is -0.381 e. The lowest BCUT2D eigenvalue weighted by atomic mass is 9.93. The standard InChI is InChI=1S/C13H20N4O2S/c1-19-9-5-3-8(4-6-9)16-13-15-7-10(11(14)18)12(17-13)20-2/h7-9H,3-6H2,1-2H3,(H2,14,18)(H,15,16,17)/t8-,9-. The number of nitrogens with one attached hydrogen (secondary N) is 1. The van der Waals surface area contributed by atoms with Crippen LogP contribution < -0.4 is 11.1 Å². The Kier molecular flexibility index (Phi) is 5.19. The van der Waals surface area contributed by atoms with Gasteiger partial charge in [-0.1, -0.05) is 0 Å². The van der Waals surface area contributed by atoms with E-state index >= 15 is 0 Å². The Bertz CT molecular complexity index is 475. The number of ether oxygens (including phenoxy) is 1.